The molecule has 0 N–H and O–H groups in total. The van der Waals surface area contributed by atoms with E-state index in [1.165, 1.54) is 6.07 Å². The molecule has 1 aromatic heterocycles. The maximum Gasteiger partial charge on any atom is 0.573 e. The Kier molecular flexibility index (Phi) is 7.18. The average molecular weight is 407 g/mol. The molecule has 5 nitrogen and oxygen atoms in total. The molecule has 0 amide bonds. The van der Waals surface area contributed by atoms with Gasteiger partial charge in [0, 0.05) is 16.6 Å². The number of hydrogen-bond acceptors (Lipinski definition) is 4. The molecule has 0 saturated heterocycles. The number of nitrogens with zero attached hydrogens (tertiary/aromatic N) is 2. The number of ether oxygens (including phenoxy) is 1. The Bertz CT molecular complexity index is 723. The predicted molar refractivity (Wildman–Crippen MR) is 82.1 cm³/mol. The van der Waals surface area contributed by atoms with Gasteiger partial charge in [0.15, 0.2) is 0 Å². The van der Waals surface area contributed by atoms with Gasteiger partial charge in [0.25, 0.3) is 0 Å². The van der Waals surface area contributed by atoms with Gasteiger partial charge in [-0.1, -0.05) is 22.9 Å². The number of aryl methyl sites for hydroxylation is 2. The Balaban J connectivity index is 0.000000891. The lowest BCUT2D eigenvalue weighted by molar-refractivity contribution is -0.274. The van der Waals surface area contributed by atoms with E-state index < -0.39 is 6.36 Å². The van der Waals surface area contributed by atoms with E-state index >= 15 is 0 Å². The summed E-state index contributed by atoms with van der Waals surface area (Å²) in [7, 11) is 0. The van der Waals surface area contributed by atoms with Crippen LogP contribution in [0.1, 0.15) is 19.5 Å². The van der Waals surface area contributed by atoms with Crippen LogP contribution < -0.4 is 4.74 Å². The fourth-order valence-electron chi connectivity index (χ4n) is 2.02. The highest BCUT2D eigenvalue weighted by atomic mass is 79.9. The minimum Gasteiger partial charge on any atom is -0.405 e. The molecular formula is C15H14BrF3N2O3. The van der Waals surface area contributed by atoms with Crippen LogP contribution in [0.3, 0.4) is 0 Å². The van der Waals surface area contributed by atoms with E-state index in [1.807, 2.05) is 13.8 Å². The molecule has 0 bridgehead atoms. The second-order valence-electron chi connectivity index (χ2n) is 4.46. The first-order chi connectivity index (χ1) is 11.3. The third kappa shape index (κ3) is 5.50. The Labute approximate surface area is 144 Å². The van der Waals surface area contributed by atoms with Gasteiger partial charge < -0.3 is 4.74 Å². The number of hydrogen-bond donors (Lipinski definition) is 0. The van der Waals surface area contributed by atoms with E-state index in [2.05, 4.69) is 25.8 Å². The number of alkyl halides is 3. The number of rotatable bonds is 4. The molecule has 0 radical (unpaired) electrons. The molecule has 0 aliphatic heterocycles. The SMILES string of the molecule is CCc1cc(-c2ccc(Br)cc2OC(F)(F)F)n(CC)n1.O=C=O. The van der Waals surface area contributed by atoms with Crippen molar-refractivity contribution >= 4 is 22.1 Å². The van der Waals surface area contributed by atoms with Gasteiger partial charge >= 0.3 is 12.5 Å². The lowest BCUT2D eigenvalue weighted by Crippen LogP contribution is -2.18. The molecule has 2 aromatic rings. The second-order valence-corrected chi connectivity index (χ2v) is 5.38. The maximum atomic E-state index is 12.6. The Hall–Kier alpha value is -2.12. The Morgan fingerprint density at radius 1 is 1.25 bits per heavy atom. The lowest BCUT2D eigenvalue weighted by atomic mass is 10.1. The molecule has 0 atom stereocenters. The number of aromatic nitrogens is 2. The first kappa shape index (κ1) is 19.9. The van der Waals surface area contributed by atoms with Crippen LogP contribution in [0.25, 0.3) is 11.3 Å². The summed E-state index contributed by atoms with van der Waals surface area (Å²) in [5.41, 5.74) is 1.80. The third-order valence-electron chi connectivity index (χ3n) is 2.94. The molecule has 0 spiro atoms. The quantitative estimate of drug-likeness (QED) is 0.762. The van der Waals surface area contributed by atoms with Crippen molar-refractivity contribution in [3.8, 4) is 17.0 Å². The van der Waals surface area contributed by atoms with Crippen LogP contribution in [-0.2, 0) is 22.6 Å². The molecule has 0 aliphatic rings. The van der Waals surface area contributed by atoms with Crippen molar-refractivity contribution in [2.45, 2.75) is 33.2 Å². The highest BCUT2D eigenvalue weighted by Crippen LogP contribution is 2.36. The molecule has 0 fully saturated rings. The van der Waals surface area contributed by atoms with Gasteiger partial charge in [-0.25, -0.2) is 0 Å². The third-order valence-corrected chi connectivity index (χ3v) is 3.43. The van der Waals surface area contributed by atoms with Crippen LogP contribution in [0, 0.1) is 0 Å². The zero-order valence-corrected chi connectivity index (χ0v) is 14.4. The van der Waals surface area contributed by atoms with Gasteiger partial charge in [0.1, 0.15) is 5.75 Å². The van der Waals surface area contributed by atoms with Crippen molar-refractivity contribution in [2.75, 3.05) is 0 Å². The number of benzene rings is 1. The number of halogens is 4. The van der Waals surface area contributed by atoms with E-state index in [0.29, 0.717) is 28.7 Å². The summed E-state index contributed by atoms with van der Waals surface area (Å²) in [6, 6.07) is 6.36. The Morgan fingerprint density at radius 3 is 2.38 bits per heavy atom. The van der Waals surface area contributed by atoms with Crippen molar-refractivity contribution in [2.24, 2.45) is 0 Å². The van der Waals surface area contributed by atoms with E-state index in [-0.39, 0.29) is 11.9 Å². The molecule has 0 unspecified atom stereocenters. The Morgan fingerprint density at radius 2 is 1.88 bits per heavy atom. The monoisotopic (exact) mass is 406 g/mol. The second kappa shape index (κ2) is 8.65. The summed E-state index contributed by atoms with van der Waals surface area (Å²) in [6.07, 6.45) is -3.77. The summed E-state index contributed by atoms with van der Waals surface area (Å²) in [5, 5.41) is 4.35. The maximum absolute atomic E-state index is 12.6. The van der Waals surface area contributed by atoms with Crippen molar-refractivity contribution in [1.29, 1.82) is 0 Å². The largest absolute Gasteiger partial charge is 0.573 e. The van der Waals surface area contributed by atoms with E-state index in [1.54, 1.807) is 22.9 Å². The predicted octanol–water partition coefficient (Wildman–Crippen LogP) is 4.21. The van der Waals surface area contributed by atoms with Crippen LogP contribution in [0.2, 0.25) is 0 Å². The van der Waals surface area contributed by atoms with E-state index in [4.69, 9.17) is 9.59 Å². The average Bonchev–Trinajstić information content (AvgIpc) is 2.90. The van der Waals surface area contributed by atoms with E-state index in [0.717, 1.165) is 5.69 Å². The van der Waals surface area contributed by atoms with Gasteiger partial charge in [-0.05, 0) is 37.6 Å². The fourth-order valence-corrected chi connectivity index (χ4v) is 2.36. The van der Waals surface area contributed by atoms with Crippen LogP contribution in [-0.4, -0.2) is 22.3 Å². The molecular weight excluding hydrogens is 393 g/mol. The summed E-state index contributed by atoms with van der Waals surface area (Å²) in [4.78, 5) is 16.2. The topological polar surface area (TPSA) is 61.2 Å². The van der Waals surface area contributed by atoms with Crippen LogP contribution >= 0.6 is 15.9 Å². The normalized spacial score (nSPS) is 10.6. The summed E-state index contributed by atoms with van der Waals surface area (Å²) >= 11 is 3.16. The first-order valence-corrected chi connectivity index (χ1v) is 7.66. The van der Waals surface area contributed by atoms with Gasteiger partial charge in [-0.3, -0.25) is 4.68 Å². The van der Waals surface area contributed by atoms with Gasteiger partial charge in [-0.15, -0.1) is 13.2 Å². The minimum absolute atomic E-state index is 0.242. The fraction of sp³-hybridized carbons (Fsp3) is 0.333. The van der Waals surface area contributed by atoms with Crippen molar-refractivity contribution in [3.63, 3.8) is 0 Å². The van der Waals surface area contributed by atoms with Crippen molar-refractivity contribution < 1.29 is 27.5 Å². The van der Waals surface area contributed by atoms with Gasteiger partial charge in [0.05, 0.1) is 11.4 Å². The molecule has 0 saturated carbocycles. The van der Waals surface area contributed by atoms with Crippen LogP contribution in [0.5, 0.6) is 5.75 Å². The van der Waals surface area contributed by atoms with E-state index in [9.17, 15) is 13.2 Å². The molecule has 2 rings (SSSR count). The van der Waals surface area contributed by atoms with Crippen molar-refractivity contribution in [1.82, 2.24) is 9.78 Å². The lowest BCUT2D eigenvalue weighted by Gasteiger charge is -2.14. The molecule has 0 aliphatic carbocycles. The molecule has 1 heterocycles. The van der Waals surface area contributed by atoms with Crippen LogP contribution in [0.15, 0.2) is 28.7 Å². The zero-order valence-electron chi connectivity index (χ0n) is 12.9. The smallest absolute Gasteiger partial charge is 0.405 e. The van der Waals surface area contributed by atoms with Crippen LogP contribution in [0.4, 0.5) is 13.2 Å². The molecule has 130 valence electrons. The standard InChI is InChI=1S/C14H14BrF3N2O.CO2/c1-3-10-8-12(20(4-2)19-10)11-6-5-9(15)7-13(11)21-14(16,17)18;2-1-3/h5-8H,3-4H2,1-2H3;. The summed E-state index contributed by atoms with van der Waals surface area (Å²) in [6.45, 7) is 4.40. The minimum atomic E-state index is -4.74. The molecule has 9 heteroatoms. The van der Waals surface area contributed by atoms with Crippen molar-refractivity contribution in [3.05, 3.63) is 34.4 Å². The summed E-state index contributed by atoms with van der Waals surface area (Å²) < 4.78 is 44.0. The highest BCUT2D eigenvalue weighted by Gasteiger charge is 2.32. The van der Waals surface area contributed by atoms with Gasteiger partial charge in [-0.2, -0.15) is 14.7 Å². The van der Waals surface area contributed by atoms with Gasteiger partial charge in [0.2, 0.25) is 0 Å². The molecule has 1 aromatic carbocycles. The first-order valence-electron chi connectivity index (χ1n) is 6.87. The highest BCUT2D eigenvalue weighted by molar-refractivity contribution is 9.10. The summed E-state index contributed by atoms with van der Waals surface area (Å²) in [5.74, 6) is -0.242. The zero-order chi connectivity index (χ0) is 18.3. The number of carbonyl (C=O) groups excluding carboxylic acids is 2. The molecule has 24 heavy (non-hydrogen) atoms.